The number of rotatable bonds is 51. The van der Waals surface area contributed by atoms with Gasteiger partial charge < -0.3 is 28.8 Å². The maximum atomic E-state index is 12.9. The number of carbonyl (C=O) groups is 1. The van der Waals surface area contributed by atoms with Gasteiger partial charge in [0.15, 0.2) is 0 Å². The molecule has 0 aromatic carbocycles. The number of unbranched alkanes of at least 4 members (excludes halogenated alkanes) is 36. The van der Waals surface area contributed by atoms with Gasteiger partial charge in [0, 0.05) is 6.42 Å². The molecule has 0 aromatic rings. The largest absolute Gasteiger partial charge is 0.756 e. The van der Waals surface area contributed by atoms with Crippen LogP contribution in [0.1, 0.15) is 271 Å². The van der Waals surface area contributed by atoms with E-state index in [0.29, 0.717) is 17.4 Å². The van der Waals surface area contributed by atoms with Crippen molar-refractivity contribution >= 4 is 13.7 Å². The van der Waals surface area contributed by atoms with E-state index < -0.39 is 20.0 Å². The van der Waals surface area contributed by atoms with Crippen LogP contribution in [-0.4, -0.2) is 68.5 Å². The van der Waals surface area contributed by atoms with Crippen molar-refractivity contribution in [3.63, 3.8) is 0 Å². The summed E-state index contributed by atoms with van der Waals surface area (Å²) in [6.45, 7) is 4.66. The fourth-order valence-electron chi connectivity index (χ4n) is 8.29. The summed E-state index contributed by atoms with van der Waals surface area (Å²) >= 11 is 0. The first-order valence-electron chi connectivity index (χ1n) is 27.7. The molecule has 0 heterocycles. The number of aliphatic hydroxyl groups is 1. The molecule has 0 aliphatic rings. The number of nitrogens with one attached hydrogen (secondary N) is 1. The number of carbonyl (C=O) groups excluding carboxylic acids is 1. The molecule has 0 aromatic heterocycles. The summed E-state index contributed by atoms with van der Waals surface area (Å²) in [7, 11) is 1.25. The van der Waals surface area contributed by atoms with Crippen LogP contribution in [0.5, 0.6) is 0 Å². The van der Waals surface area contributed by atoms with Crippen molar-refractivity contribution in [3.8, 4) is 0 Å². The van der Waals surface area contributed by atoms with Crippen molar-refractivity contribution in [2.45, 2.75) is 283 Å². The Bertz CT molecular complexity index is 1090. The Morgan fingerprint density at radius 2 is 0.875 bits per heavy atom. The number of likely N-dealkylation sites (N-methyl/N-ethyl adjacent to an activating group) is 1. The zero-order valence-corrected chi connectivity index (χ0v) is 44.1. The average Bonchev–Trinajstić information content (AvgIpc) is 3.25. The van der Waals surface area contributed by atoms with Crippen LogP contribution >= 0.6 is 7.82 Å². The van der Waals surface area contributed by atoms with Gasteiger partial charge in [0.1, 0.15) is 13.2 Å². The highest BCUT2D eigenvalue weighted by molar-refractivity contribution is 7.45. The van der Waals surface area contributed by atoms with Crippen LogP contribution in [0.25, 0.3) is 0 Å². The lowest BCUT2D eigenvalue weighted by Gasteiger charge is -2.29. The van der Waals surface area contributed by atoms with E-state index in [1.807, 2.05) is 27.2 Å². The number of hydrogen-bond acceptors (Lipinski definition) is 6. The van der Waals surface area contributed by atoms with Crippen LogP contribution in [0, 0.1) is 0 Å². The number of amides is 1. The molecule has 0 spiro atoms. The standard InChI is InChI=1S/C55H109N2O6P/c1-6-8-10-12-14-16-18-20-22-23-24-25-26-27-28-29-30-31-32-33-34-35-36-38-40-42-44-46-48-54(58)53(52-63-64(60,61)62-51-50-57(3,4)5)56-55(59)49-47-45-43-41-39-37-21-19-17-15-13-11-9-7-2/h38,40,46,48,53-54,58H,6-37,39,41-45,47,49-52H2,1-5H3,(H-,56,59,60,61)/b40-38+,48-46+. The van der Waals surface area contributed by atoms with Crippen LogP contribution in [0.4, 0.5) is 0 Å². The SMILES string of the molecule is CCCCCCCCCCCCCCCCCCCCCCCC/C=C/CC/C=C/C(O)C(COP(=O)([O-])OCC[N+](C)(C)C)NC(=O)CCCCCCCCCCCCCCCC. The average molecular weight is 925 g/mol. The summed E-state index contributed by atoms with van der Waals surface area (Å²) < 4.78 is 23.3. The van der Waals surface area contributed by atoms with E-state index in [9.17, 15) is 19.4 Å². The minimum absolute atomic E-state index is 0.00393. The number of nitrogens with zero attached hydrogens (tertiary/aromatic N) is 1. The molecule has 0 aliphatic carbocycles. The Morgan fingerprint density at radius 1 is 0.531 bits per heavy atom. The number of quaternary nitrogens is 1. The Hall–Kier alpha value is -1.02. The minimum Gasteiger partial charge on any atom is -0.756 e. The number of hydrogen-bond donors (Lipinski definition) is 2. The van der Waals surface area contributed by atoms with Crippen molar-refractivity contribution in [2.24, 2.45) is 0 Å². The third kappa shape index (κ3) is 48.9. The molecule has 380 valence electrons. The second-order valence-electron chi connectivity index (χ2n) is 20.3. The number of aliphatic hydroxyl groups excluding tert-OH is 1. The van der Waals surface area contributed by atoms with Crippen molar-refractivity contribution in [1.29, 1.82) is 0 Å². The lowest BCUT2D eigenvalue weighted by atomic mass is 10.0. The van der Waals surface area contributed by atoms with E-state index in [2.05, 4.69) is 31.3 Å². The molecule has 0 saturated carbocycles. The molecule has 64 heavy (non-hydrogen) atoms. The van der Waals surface area contributed by atoms with Crippen LogP contribution in [0.2, 0.25) is 0 Å². The number of phosphoric ester groups is 1. The lowest BCUT2D eigenvalue weighted by molar-refractivity contribution is -0.870. The predicted molar refractivity (Wildman–Crippen MR) is 275 cm³/mol. The van der Waals surface area contributed by atoms with Gasteiger partial charge in [0.2, 0.25) is 5.91 Å². The van der Waals surface area contributed by atoms with E-state index in [1.54, 1.807) is 6.08 Å². The van der Waals surface area contributed by atoms with Gasteiger partial charge in [0.05, 0.1) is 39.9 Å². The first-order chi connectivity index (χ1) is 31.0. The smallest absolute Gasteiger partial charge is 0.268 e. The molecule has 0 saturated heterocycles. The van der Waals surface area contributed by atoms with E-state index in [-0.39, 0.29) is 19.1 Å². The molecular weight excluding hydrogens is 816 g/mol. The fourth-order valence-corrected chi connectivity index (χ4v) is 9.01. The number of allylic oxidation sites excluding steroid dienone is 3. The first kappa shape index (κ1) is 63.0. The maximum absolute atomic E-state index is 12.9. The summed E-state index contributed by atoms with van der Waals surface area (Å²) in [5, 5.41) is 13.8. The van der Waals surface area contributed by atoms with Crippen molar-refractivity contribution in [2.75, 3.05) is 40.9 Å². The second kappa shape index (κ2) is 47.1. The highest BCUT2D eigenvalue weighted by Crippen LogP contribution is 2.38. The third-order valence-electron chi connectivity index (χ3n) is 12.7. The lowest BCUT2D eigenvalue weighted by Crippen LogP contribution is -2.45. The summed E-state index contributed by atoms with van der Waals surface area (Å²) in [6, 6.07) is -0.899. The van der Waals surface area contributed by atoms with Gasteiger partial charge in [-0.1, -0.05) is 256 Å². The molecule has 0 radical (unpaired) electrons. The molecule has 2 N–H and O–H groups in total. The van der Waals surface area contributed by atoms with Crippen molar-refractivity contribution in [1.82, 2.24) is 5.32 Å². The quantitative estimate of drug-likeness (QED) is 0.0272. The van der Waals surface area contributed by atoms with Crippen molar-refractivity contribution in [3.05, 3.63) is 24.3 Å². The van der Waals surface area contributed by atoms with E-state index in [4.69, 9.17) is 9.05 Å². The fraction of sp³-hybridized carbons (Fsp3) is 0.909. The Balaban J connectivity index is 4.19. The monoisotopic (exact) mass is 925 g/mol. The molecule has 0 fully saturated rings. The molecule has 1 amide bonds. The molecule has 0 rings (SSSR count). The zero-order chi connectivity index (χ0) is 47.1. The van der Waals surface area contributed by atoms with Crippen LogP contribution < -0.4 is 10.2 Å². The normalized spacial score (nSPS) is 14.2. The minimum atomic E-state index is -4.60. The molecule has 0 aliphatic heterocycles. The second-order valence-corrected chi connectivity index (χ2v) is 21.7. The first-order valence-corrected chi connectivity index (χ1v) is 29.2. The van der Waals surface area contributed by atoms with E-state index >= 15 is 0 Å². The highest BCUT2D eigenvalue weighted by atomic mass is 31.2. The van der Waals surface area contributed by atoms with Gasteiger partial charge in [-0.2, -0.15) is 0 Å². The van der Waals surface area contributed by atoms with Crippen LogP contribution in [0.15, 0.2) is 24.3 Å². The topological polar surface area (TPSA) is 108 Å². The Kier molecular flexibility index (Phi) is 46.3. The zero-order valence-electron chi connectivity index (χ0n) is 43.3. The summed E-state index contributed by atoms with van der Waals surface area (Å²) in [5.41, 5.74) is 0. The third-order valence-corrected chi connectivity index (χ3v) is 13.6. The van der Waals surface area contributed by atoms with Gasteiger partial charge in [0.25, 0.3) is 7.82 Å². The van der Waals surface area contributed by atoms with E-state index in [1.165, 1.54) is 212 Å². The molecule has 3 unspecified atom stereocenters. The van der Waals surface area contributed by atoms with Gasteiger partial charge in [-0.15, -0.1) is 0 Å². The van der Waals surface area contributed by atoms with Gasteiger partial charge >= 0.3 is 0 Å². The molecule has 9 heteroatoms. The molecule has 3 atom stereocenters. The van der Waals surface area contributed by atoms with Crippen LogP contribution in [0.3, 0.4) is 0 Å². The van der Waals surface area contributed by atoms with E-state index in [0.717, 1.165) is 38.5 Å². The Labute approximate surface area is 398 Å². The Morgan fingerprint density at radius 3 is 1.27 bits per heavy atom. The van der Waals surface area contributed by atoms with Crippen LogP contribution in [-0.2, 0) is 18.4 Å². The van der Waals surface area contributed by atoms with Gasteiger partial charge in [-0.25, -0.2) is 0 Å². The molecular formula is C55H109N2O6P. The molecule has 0 bridgehead atoms. The summed E-state index contributed by atoms with van der Waals surface area (Å²) in [5.74, 6) is -0.204. The van der Waals surface area contributed by atoms with Gasteiger partial charge in [-0.05, 0) is 32.1 Å². The van der Waals surface area contributed by atoms with Crippen molar-refractivity contribution < 1.29 is 32.9 Å². The van der Waals surface area contributed by atoms with Gasteiger partial charge in [-0.3, -0.25) is 9.36 Å². The predicted octanol–water partition coefficient (Wildman–Crippen LogP) is 15.8. The maximum Gasteiger partial charge on any atom is 0.268 e. The summed E-state index contributed by atoms with van der Waals surface area (Å²) in [4.78, 5) is 25.4. The molecule has 8 nitrogen and oxygen atoms in total. The number of phosphoric acid groups is 1. The highest BCUT2D eigenvalue weighted by Gasteiger charge is 2.23. The summed E-state index contributed by atoms with van der Waals surface area (Å²) in [6.07, 6.45) is 58.3.